The van der Waals surface area contributed by atoms with Crippen LogP contribution in [0, 0.1) is 11.7 Å². The first-order valence-electron chi connectivity index (χ1n) is 9.24. The molecule has 30 heavy (non-hydrogen) atoms. The quantitative estimate of drug-likeness (QED) is 0.718. The van der Waals surface area contributed by atoms with E-state index in [0.717, 1.165) is 6.07 Å². The number of nitrogens with zero attached hydrogens (tertiary/aromatic N) is 1. The molecule has 0 aliphatic carbocycles. The molecule has 1 saturated heterocycles. The first-order valence-corrected chi connectivity index (χ1v) is 11.1. The van der Waals surface area contributed by atoms with E-state index in [4.69, 9.17) is 21.1 Å². The molecular formula is C20H22ClFN2O5S. The maximum absolute atomic E-state index is 13.9. The van der Waals surface area contributed by atoms with Crippen LogP contribution in [0.5, 0.6) is 11.5 Å². The van der Waals surface area contributed by atoms with Crippen LogP contribution in [0.3, 0.4) is 0 Å². The molecule has 0 bridgehead atoms. The molecule has 1 fully saturated rings. The zero-order chi connectivity index (χ0) is 21.9. The molecule has 1 aliphatic rings. The van der Waals surface area contributed by atoms with E-state index in [1.54, 1.807) is 0 Å². The van der Waals surface area contributed by atoms with E-state index in [0.29, 0.717) is 24.3 Å². The van der Waals surface area contributed by atoms with E-state index in [-0.39, 0.29) is 34.6 Å². The molecule has 0 spiro atoms. The average Bonchev–Trinajstić information content (AvgIpc) is 2.75. The number of hydrogen-bond acceptors (Lipinski definition) is 5. The van der Waals surface area contributed by atoms with E-state index < -0.39 is 21.8 Å². The molecule has 3 rings (SSSR count). The van der Waals surface area contributed by atoms with Gasteiger partial charge in [0.15, 0.2) is 11.5 Å². The van der Waals surface area contributed by atoms with Gasteiger partial charge in [0.05, 0.1) is 24.8 Å². The summed E-state index contributed by atoms with van der Waals surface area (Å²) in [6.45, 7) is 0.357. The number of methoxy groups -OCH3 is 2. The fraction of sp³-hybridized carbons (Fsp3) is 0.350. The highest BCUT2D eigenvalue weighted by molar-refractivity contribution is 7.89. The van der Waals surface area contributed by atoms with E-state index in [9.17, 15) is 17.6 Å². The normalized spacial score (nSPS) is 15.6. The highest BCUT2D eigenvalue weighted by atomic mass is 35.5. The van der Waals surface area contributed by atoms with E-state index >= 15 is 0 Å². The second-order valence-corrected chi connectivity index (χ2v) is 9.18. The number of piperidine rings is 1. The number of carbonyl (C=O) groups is 1. The number of carbonyl (C=O) groups excluding carboxylic acids is 1. The van der Waals surface area contributed by atoms with Crippen LogP contribution in [0.1, 0.15) is 12.8 Å². The topological polar surface area (TPSA) is 84.9 Å². The second kappa shape index (κ2) is 9.20. The molecule has 1 aliphatic heterocycles. The second-order valence-electron chi connectivity index (χ2n) is 6.81. The lowest BCUT2D eigenvalue weighted by atomic mass is 9.97. The summed E-state index contributed by atoms with van der Waals surface area (Å²) < 4.78 is 51.5. The molecule has 7 nitrogen and oxygen atoms in total. The molecule has 0 radical (unpaired) electrons. The molecule has 162 valence electrons. The number of amides is 1. The number of rotatable bonds is 6. The molecule has 2 aromatic rings. The lowest BCUT2D eigenvalue weighted by Gasteiger charge is -2.30. The molecule has 1 heterocycles. The molecule has 1 amide bonds. The third-order valence-corrected chi connectivity index (χ3v) is 7.14. The van der Waals surface area contributed by atoms with Crippen LogP contribution in [0.15, 0.2) is 41.3 Å². The molecular weight excluding hydrogens is 435 g/mol. The van der Waals surface area contributed by atoms with Crippen molar-refractivity contribution >= 4 is 33.2 Å². The van der Waals surface area contributed by atoms with Crippen molar-refractivity contribution in [1.82, 2.24) is 4.31 Å². The van der Waals surface area contributed by atoms with Gasteiger partial charge >= 0.3 is 0 Å². The minimum absolute atomic E-state index is 0.0461. The summed E-state index contributed by atoms with van der Waals surface area (Å²) in [5.74, 6) is -0.639. The SMILES string of the molecule is COc1ccc(S(=O)(=O)N2CCC(C(=O)Nc3ccc(Cl)cc3F)CC2)cc1OC. The first-order chi connectivity index (χ1) is 14.3. The molecule has 0 saturated carbocycles. The minimum Gasteiger partial charge on any atom is -0.493 e. The van der Waals surface area contributed by atoms with E-state index in [2.05, 4.69) is 5.32 Å². The Labute approximate surface area is 179 Å². The van der Waals surface area contributed by atoms with Gasteiger partial charge in [0.25, 0.3) is 0 Å². The molecule has 0 atom stereocenters. The Kier molecular flexibility index (Phi) is 6.84. The fourth-order valence-corrected chi connectivity index (χ4v) is 4.95. The van der Waals surface area contributed by atoms with Gasteiger partial charge in [-0.2, -0.15) is 4.31 Å². The predicted octanol–water partition coefficient (Wildman–Crippen LogP) is 3.54. The van der Waals surface area contributed by atoms with Crippen molar-refractivity contribution in [2.75, 3.05) is 32.6 Å². The maximum atomic E-state index is 13.9. The standard InChI is InChI=1S/C20H22ClFN2O5S/c1-28-18-6-4-15(12-19(18)29-2)30(26,27)24-9-7-13(8-10-24)20(25)23-17-5-3-14(21)11-16(17)22/h3-6,11-13H,7-10H2,1-2H3,(H,23,25). The van der Waals surface area contributed by atoms with Gasteiger partial charge in [0.2, 0.25) is 15.9 Å². The minimum atomic E-state index is -3.75. The van der Waals surface area contributed by atoms with Crippen LogP contribution in [-0.2, 0) is 14.8 Å². The lowest BCUT2D eigenvalue weighted by molar-refractivity contribution is -0.120. The zero-order valence-electron chi connectivity index (χ0n) is 16.5. The third kappa shape index (κ3) is 4.69. The number of halogens is 2. The monoisotopic (exact) mass is 456 g/mol. The fourth-order valence-electron chi connectivity index (χ4n) is 3.31. The lowest BCUT2D eigenvalue weighted by Crippen LogP contribution is -2.41. The Morgan fingerprint density at radius 2 is 1.77 bits per heavy atom. The summed E-state index contributed by atoms with van der Waals surface area (Å²) in [5, 5.41) is 2.78. The number of hydrogen-bond donors (Lipinski definition) is 1. The number of ether oxygens (including phenoxy) is 2. The molecule has 0 aromatic heterocycles. The van der Waals surface area contributed by atoms with Crippen molar-refractivity contribution < 1.29 is 27.1 Å². The average molecular weight is 457 g/mol. The van der Waals surface area contributed by atoms with Gasteiger partial charge in [-0.15, -0.1) is 0 Å². The summed E-state index contributed by atoms with van der Waals surface area (Å²) in [6.07, 6.45) is 0.654. The van der Waals surface area contributed by atoms with Gasteiger partial charge in [-0.25, -0.2) is 12.8 Å². The summed E-state index contributed by atoms with van der Waals surface area (Å²) in [7, 11) is -0.845. The van der Waals surface area contributed by atoms with Gasteiger partial charge in [-0.1, -0.05) is 11.6 Å². The molecule has 1 N–H and O–H groups in total. The Bertz CT molecular complexity index is 1040. The molecule has 2 aromatic carbocycles. The number of anilines is 1. The van der Waals surface area contributed by atoms with Crippen LogP contribution < -0.4 is 14.8 Å². The zero-order valence-corrected chi connectivity index (χ0v) is 18.1. The van der Waals surface area contributed by atoms with Gasteiger partial charge < -0.3 is 14.8 Å². The molecule has 10 heteroatoms. The number of sulfonamides is 1. The van der Waals surface area contributed by atoms with Crippen LogP contribution in [-0.4, -0.2) is 45.9 Å². The van der Waals surface area contributed by atoms with Gasteiger partial charge in [0, 0.05) is 30.1 Å². The highest BCUT2D eigenvalue weighted by Gasteiger charge is 2.32. The van der Waals surface area contributed by atoms with Crippen LogP contribution in [0.25, 0.3) is 0 Å². The van der Waals surface area contributed by atoms with E-state index in [1.165, 1.54) is 48.9 Å². The van der Waals surface area contributed by atoms with Crippen molar-refractivity contribution in [3.63, 3.8) is 0 Å². The Morgan fingerprint density at radius 1 is 1.10 bits per heavy atom. The Morgan fingerprint density at radius 3 is 2.37 bits per heavy atom. The molecule has 0 unspecified atom stereocenters. The van der Waals surface area contributed by atoms with Crippen molar-refractivity contribution in [1.29, 1.82) is 0 Å². The van der Waals surface area contributed by atoms with Crippen molar-refractivity contribution in [2.24, 2.45) is 5.92 Å². The van der Waals surface area contributed by atoms with Crippen LogP contribution >= 0.6 is 11.6 Å². The smallest absolute Gasteiger partial charge is 0.243 e. The van der Waals surface area contributed by atoms with Crippen molar-refractivity contribution in [2.45, 2.75) is 17.7 Å². The number of benzene rings is 2. The largest absolute Gasteiger partial charge is 0.493 e. The van der Waals surface area contributed by atoms with Gasteiger partial charge in [-0.05, 0) is 43.2 Å². The third-order valence-electron chi connectivity index (χ3n) is 5.01. The summed E-state index contributed by atoms with van der Waals surface area (Å²) >= 11 is 5.72. The number of nitrogens with one attached hydrogen (secondary N) is 1. The van der Waals surface area contributed by atoms with Gasteiger partial charge in [0.1, 0.15) is 5.82 Å². The maximum Gasteiger partial charge on any atom is 0.243 e. The highest BCUT2D eigenvalue weighted by Crippen LogP contribution is 2.32. The van der Waals surface area contributed by atoms with Crippen LogP contribution in [0.4, 0.5) is 10.1 Å². The summed E-state index contributed by atoms with van der Waals surface area (Å²) in [4.78, 5) is 12.6. The summed E-state index contributed by atoms with van der Waals surface area (Å²) in [6, 6.07) is 8.40. The van der Waals surface area contributed by atoms with Gasteiger partial charge in [-0.3, -0.25) is 4.79 Å². The van der Waals surface area contributed by atoms with Crippen molar-refractivity contribution in [3.8, 4) is 11.5 Å². The van der Waals surface area contributed by atoms with E-state index in [1.807, 2.05) is 0 Å². The van der Waals surface area contributed by atoms with Crippen LogP contribution in [0.2, 0.25) is 5.02 Å². The predicted molar refractivity (Wildman–Crippen MR) is 111 cm³/mol. The first kappa shape index (κ1) is 22.3. The summed E-state index contributed by atoms with van der Waals surface area (Å²) in [5.41, 5.74) is 0.0461. The Hall–Kier alpha value is -2.36. The Balaban J connectivity index is 1.66. The van der Waals surface area contributed by atoms with Crippen molar-refractivity contribution in [3.05, 3.63) is 47.2 Å².